The minimum absolute atomic E-state index is 0.00494. The van der Waals surface area contributed by atoms with Crippen molar-refractivity contribution in [2.45, 2.75) is 6.42 Å². The Hall–Kier alpha value is -1.14. The molecule has 1 unspecified atom stereocenters. The lowest BCUT2D eigenvalue weighted by molar-refractivity contribution is -0.386. The fourth-order valence-electron chi connectivity index (χ4n) is 1.82. The fraction of sp³-hybridized carbons (Fsp3) is 0.455. The molecule has 1 aliphatic rings. The number of benzene rings is 1. The molecule has 5 nitrogen and oxygen atoms in total. The standard InChI is InChI=1S/C11H13BrN2O3/c12-9-1-2-11(10(5-9)14(15)16)17-7-8-3-4-13-6-8/h1-2,5,8,13H,3-4,6-7H2. The Kier molecular flexibility index (Phi) is 3.96. The van der Waals surface area contributed by atoms with Crippen LogP contribution in [0.3, 0.4) is 0 Å². The van der Waals surface area contributed by atoms with Crippen molar-refractivity contribution in [2.24, 2.45) is 5.92 Å². The summed E-state index contributed by atoms with van der Waals surface area (Å²) in [5.41, 5.74) is 0.00494. The van der Waals surface area contributed by atoms with Gasteiger partial charge in [-0.1, -0.05) is 15.9 Å². The SMILES string of the molecule is O=[N+]([O-])c1cc(Br)ccc1OCC1CCNC1. The van der Waals surface area contributed by atoms with Crippen molar-refractivity contribution in [1.29, 1.82) is 0 Å². The van der Waals surface area contributed by atoms with E-state index in [9.17, 15) is 10.1 Å². The molecule has 1 heterocycles. The lowest BCUT2D eigenvalue weighted by atomic mass is 10.1. The summed E-state index contributed by atoms with van der Waals surface area (Å²) in [6.45, 7) is 2.44. The molecule has 0 bridgehead atoms. The molecule has 1 aromatic rings. The maximum Gasteiger partial charge on any atom is 0.312 e. The number of nitro benzene ring substituents is 1. The predicted molar refractivity (Wildman–Crippen MR) is 67.3 cm³/mol. The van der Waals surface area contributed by atoms with E-state index in [0.717, 1.165) is 19.5 Å². The minimum atomic E-state index is -0.424. The normalized spacial score (nSPS) is 19.2. The maximum atomic E-state index is 10.9. The number of nitro groups is 1. The number of hydrogen-bond acceptors (Lipinski definition) is 4. The van der Waals surface area contributed by atoms with Crippen LogP contribution < -0.4 is 10.1 Å². The zero-order valence-corrected chi connectivity index (χ0v) is 10.8. The molecule has 0 saturated carbocycles. The molecule has 0 aliphatic carbocycles. The van der Waals surface area contributed by atoms with E-state index in [1.165, 1.54) is 6.07 Å². The molecule has 0 radical (unpaired) electrons. The molecule has 1 saturated heterocycles. The van der Waals surface area contributed by atoms with E-state index in [-0.39, 0.29) is 5.69 Å². The van der Waals surface area contributed by atoms with E-state index in [0.29, 0.717) is 22.7 Å². The van der Waals surface area contributed by atoms with Crippen LogP contribution in [0.25, 0.3) is 0 Å². The summed E-state index contributed by atoms with van der Waals surface area (Å²) in [7, 11) is 0. The van der Waals surface area contributed by atoms with Gasteiger partial charge in [0.1, 0.15) is 0 Å². The van der Waals surface area contributed by atoms with Gasteiger partial charge in [-0.15, -0.1) is 0 Å². The summed E-state index contributed by atoms with van der Waals surface area (Å²) in [5.74, 6) is 0.781. The van der Waals surface area contributed by atoms with Crippen molar-refractivity contribution in [2.75, 3.05) is 19.7 Å². The summed E-state index contributed by atoms with van der Waals surface area (Å²) in [4.78, 5) is 10.4. The topological polar surface area (TPSA) is 64.4 Å². The molecule has 1 N–H and O–H groups in total. The number of rotatable bonds is 4. The van der Waals surface area contributed by atoms with Gasteiger partial charge in [-0.2, -0.15) is 0 Å². The van der Waals surface area contributed by atoms with E-state index in [1.807, 2.05) is 0 Å². The number of hydrogen-bond donors (Lipinski definition) is 1. The molecule has 92 valence electrons. The molecule has 0 spiro atoms. The third kappa shape index (κ3) is 3.17. The highest BCUT2D eigenvalue weighted by atomic mass is 79.9. The van der Waals surface area contributed by atoms with Crippen LogP contribution in [0.2, 0.25) is 0 Å². The molecule has 0 aromatic heterocycles. The second-order valence-corrected chi connectivity index (χ2v) is 4.95. The van der Waals surface area contributed by atoms with Gasteiger partial charge in [-0.05, 0) is 25.1 Å². The van der Waals surface area contributed by atoms with Crippen molar-refractivity contribution in [3.63, 3.8) is 0 Å². The van der Waals surface area contributed by atoms with Crippen LogP contribution in [0.1, 0.15) is 6.42 Å². The largest absolute Gasteiger partial charge is 0.486 e. The zero-order valence-electron chi connectivity index (χ0n) is 9.19. The lowest BCUT2D eigenvalue weighted by Gasteiger charge is -2.11. The van der Waals surface area contributed by atoms with Gasteiger partial charge < -0.3 is 10.1 Å². The summed E-state index contributed by atoms with van der Waals surface area (Å²) in [5, 5.41) is 14.1. The maximum absolute atomic E-state index is 10.9. The van der Waals surface area contributed by atoms with E-state index in [2.05, 4.69) is 21.2 Å². The molecular weight excluding hydrogens is 288 g/mol. The van der Waals surface area contributed by atoms with Gasteiger partial charge in [0, 0.05) is 23.0 Å². The van der Waals surface area contributed by atoms with Gasteiger partial charge >= 0.3 is 5.69 Å². The van der Waals surface area contributed by atoms with E-state index >= 15 is 0 Å². The molecule has 1 aromatic carbocycles. The van der Waals surface area contributed by atoms with Crippen LogP contribution in [0.5, 0.6) is 5.75 Å². The summed E-state index contributed by atoms with van der Waals surface area (Å²) in [6, 6.07) is 4.84. The molecule has 2 rings (SSSR count). The quantitative estimate of drug-likeness (QED) is 0.685. The average molecular weight is 301 g/mol. The Labute approximate surface area is 107 Å². The van der Waals surface area contributed by atoms with E-state index in [4.69, 9.17) is 4.74 Å². The minimum Gasteiger partial charge on any atom is -0.486 e. The molecular formula is C11H13BrN2O3. The Bertz CT molecular complexity index is 419. The van der Waals surface area contributed by atoms with Crippen LogP contribution in [0.4, 0.5) is 5.69 Å². The van der Waals surface area contributed by atoms with Crippen LogP contribution in [0, 0.1) is 16.0 Å². The van der Waals surface area contributed by atoms with Crippen molar-refractivity contribution >= 4 is 21.6 Å². The molecule has 0 amide bonds. The Morgan fingerprint density at radius 2 is 2.41 bits per heavy atom. The van der Waals surface area contributed by atoms with Crippen molar-refractivity contribution < 1.29 is 9.66 Å². The van der Waals surface area contributed by atoms with Crippen LogP contribution >= 0.6 is 15.9 Å². The van der Waals surface area contributed by atoms with Gasteiger partial charge in [-0.25, -0.2) is 0 Å². The van der Waals surface area contributed by atoms with Crippen LogP contribution in [0.15, 0.2) is 22.7 Å². The van der Waals surface area contributed by atoms with Gasteiger partial charge in [0.15, 0.2) is 5.75 Å². The van der Waals surface area contributed by atoms with Crippen LogP contribution in [-0.4, -0.2) is 24.6 Å². The summed E-state index contributed by atoms with van der Waals surface area (Å²) >= 11 is 3.21. The molecule has 6 heteroatoms. The molecule has 1 fully saturated rings. The monoisotopic (exact) mass is 300 g/mol. The van der Waals surface area contributed by atoms with Gasteiger partial charge in [0.05, 0.1) is 11.5 Å². The average Bonchev–Trinajstić information content (AvgIpc) is 2.80. The van der Waals surface area contributed by atoms with Crippen molar-refractivity contribution in [3.8, 4) is 5.75 Å². The van der Waals surface area contributed by atoms with Gasteiger partial charge in [0.2, 0.25) is 0 Å². The first-order valence-corrected chi connectivity index (χ1v) is 6.23. The van der Waals surface area contributed by atoms with Gasteiger partial charge in [-0.3, -0.25) is 10.1 Å². The van der Waals surface area contributed by atoms with E-state index < -0.39 is 4.92 Å². The highest BCUT2D eigenvalue weighted by molar-refractivity contribution is 9.10. The Morgan fingerprint density at radius 3 is 3.06 bits per heavy atom. The fourth-order valence-corrected chi connectivity index (χ4v) is 2.17. The van der Waals surface area contributed by atoms with Crippen molar-refractivity contribution in [1.82, 2.24) is 5.32 Å². The molecule has 1 aliphatic heterocycles. The highest BCUT2D eigenvalue weighted by Gasteiger charge is 2.19. The first-order chi connectivity index (χ1) is 8.16. The van der Waals surface area contributed by atoms with Crippen LogP contribution in [-0.2, 0) is 0 Å². The Balaban J connectivity index is 2.06. The zero-order chi connectivity index (χ0) is 12.3. The van der Waals surface area contributed by atoms with Crippen molar-refractivity contribution in [3.05, 3.63) is 32.8 Å². The summed E-state index contributed by atoms with van der Waals surface area (Å²) < 4.78 is 6.21. The summed E-state index contributed by atoms with van der Waals surface area (Å²) in [6.07, 6.45) is 1.06. The number of ether oxygens (including phenoxy) is 1. The number of nitrogens with zero attached hydrogens (tertiary/aromatic N) is 1. The molecule has 17 heavy (non-hydrogen) atoms. The number of halogens is 1. The third-order valence-corrected chi connectivity index (χ3v) is 3.25. The third-order valence-electron chi connectivity index (χ3n) is 2.75. The number of nitrogens with one attached hydrogen (secondary N) is 1. The first-order valence-electron chi connectivity index (χ1n) is 5.44. The predicted octanol–water partition coefficient (Wildman–Crippen LogP) is 2.35. The van der Waals surface area contributed by atoms with E-state index in [1.54, 1.807) is 12.1 Å². The second kappa shape index (κ2) is 5.46. The molecule has 1 atom stereocenters. The second-order valence-electron chi connectivity index (χ2n) is 4.04. The Morgan fingerprint density at radius 1 is 1.59 bits per heavy atom. The smallest absolute Gasteiger partial charge is 0.312 e. The lowest BCUT2D eigenvalue weighted by Crippen LogP contribution is -2.15. The first kappa shape index (κ1) is 12.3. The highest BCUT2D eigenvalue weighted by Crippen LogP contribution is 2.30. The van der Waals surface area contributed by atoms with Gasteiger partial charge in [0.25, 0.3) is 0 Å².